The predicted octanol–water partition coefficient (Wildman–Crippen LogP) is -1.79. The third-order valence-corrected chi connectivity index (χ3v) is 4.83. The van der Waals surface area contributed by atoms with Gasteiger partial charge in [0, 0.05) is 24.3 Å². The van der Waals surface area contributed by atoms with Gasteiger partial charge in [-0.25, -0.2) is 25.2 Å². The van der Waals surface area contributed by atoms with Crippen molar-refractivity contribution in [2.75, 3.05) is 0 Å². The number of carboxylic acids is 1. The second kappa shape index (κ2) is 9.28. The van der Waals surface area contributed by atoms with Crippen LogP contribution in [0.1, 0.15) is 17.3 Å². The van der Waals surface area contributed by atoms with Gasteiger partial charge in [0.25, 0.3) is 23.6 Å². The highest BCUT2D eigenvalue weighted by Crippen LogP contribution is 2.22. The monoisotopic (exact) mass is 483 g/mol. The lowest BCUT2D eigenvalue weighted by Gasteiger charge is -2.31. The van der Waals surface area contributed by atoms with E-state index in [1.807, 2.05) is 0 Å². The maximum Gasteiger partial charge on any atom is 0.353 e. The Labute approximate surface area is 195 Å². The molecule has 0 saturated carbocycles. The van der Waals surface area contributed by atoms with Crippen LogP contribution in [0.5, 0.6) is 0 Å². The fraction of sp³-hybridized carbons (Fsp3) is 0.0500. The molecular weight excluding hydrogens is 466 g/mol. The number of amides is 8. The number of carbonyl (C=O) groups is 7. The molecule has 0 saturated heterocycles. The number of hydrogen-bond donors (Lipinski definition) is 5. The van der Waals surface area contributed by atoms with Crippen LogP contribution in [0.25, 0.3) is 5.70 Å². The number of nitrogens with two attached hydrogens (primary N) is 3. The van der Waals surface area contributed by atoms with E-state index in [4.69, 9.17) is 22.4 Å². The lowest BCUT2D eigenvalue weighted by Crippen LogP contribution is -2.56. The normalized spacial score (nSPS) is 16.5. The molecule has 0 bridgehead atoms. The van der Waals surface area contributed by atoms with Crippen LogP contribution in [0.15, 0.2) is 54.3 Å². The average molecular weight is 483 g/mol. The van der Waals surface area contributed by atoms with Gasteiger partial charge in [0.05, 0.1) is 5.70 Å². The molecule has 1 atom stereocenters. The zero-order chi connectivity index (χ0) is 26.0. The minimum Gasteiger partial charge on any atom is -0.477 e. The summed E-state index contributed by atoms with van der Waals surface area (Å²) >= 11 is 0. The molecule has 0 spiro atoms. The number of benzene rings is 1. The second-order valence-corrected chi connectivity index (χ2v) is 6.99. The van der Waals surface area contributed by atoms with Crippen molar-refractivity contribution in [1.29, 1.82) is 0 Å². The Balaban J connectivity index is 1.96. The molecule has 8 amide bonds. The van der Waals surface area contributed by atoms with Gasteiger partial charge >= 0.3 is 18.0 Å². The predicted molar refractivity (Wildman–Crippen MR) is 114 cm³/mol. The number of aliphatic carboxylic acids is 1. The van der Waals surface area contributed by atoms with Crippen LogP contribution in [0, 0.1) is 0 Å². The highest BCUT2D eigenvalue weighted by molar-refractivity contribution is 6.23. The van der Waals surface area contributed by atoms with Crippen molar-refractivity contribution in [3.8, 4) is 0 Å². The Hall–Kier alpha value is -5.31. The van der Waals surface area contributed by atoms with Gasteiger partial charge in [-0.1, -0.05) is 24.3 Å². The number of carbonyl (C=O) groups excluding carboxylic acids is 6. The molecule has 2 aliphatic heterocycles. The van der Waals surface area contributed by atoms with Gasteiger partial charge in [0.2, 0.25) is 0 Å². The largest absolute Gasteiger partial charge is 0.477 e. The van der Waals surface area contributed by atoms with Gasteiger partial charge in [-0.15, -0.1) is 0 Å². The standard InChI is InChI=1S/C20H17N7O8/c21-15(16(22)18(32)33)9-1-3-10(4-2-9)17(24-19(34)25-11(28)5-6-12(25)29)27(23)20(35)26-13(30)7-8-14(26)31/h1-8,17H,21-23H2,(H,24,34)(H,32,33)/b16-15+. The molecule has 0 aromatic heterocycles. The fourth-order valence-electron chi connectivity index (χ4n) is 3.03. The molecule has 1 aromatic carbocycles. The van der Waals surface area contributed by atoms with Crippen molar-refractivity contribution >= 4 is 47.4 Å². The van der Waals surface area contributed by atoms with Crippen LogP contribution in [-0.4, -0.2) is 61.6 Å². The molecule has 35 heavy (non-hydrogen) atoms. The molecule has 8 N–H and O–H groups in total. The summed E-state index contributed by atoms with van der Waals surface area (Å²) < 4.78 is 0. The van der Waals surface area contributed by atoms with Crippen molar-refractivity contribution in [3.63, 3.8) is 0 Å². The number of carboxylic acid groups (broad SMARTS) is 1. The van der Waals surface area contributed by atoms with Gasteiger partial charge in [-0.3, -0.25) is 19.2 Å². The first-order valence-electron chi connectivity index (χ1n) is 9.53. The maximum absolute atomic E-state index is 12.8. The highest BCUT2D eigenvalue weighted by atomic mass is 16.4. The van der Waals surface area contributed by atoms with Crippen LogP contribution in [0.3, 0.4) is 0 Å². The van der Waals surface area contributed by atoms with Crippen LogP contribution in [0.4, 0.5) is 9.59 Å². The Bertz CT molecular complexity index is 1230. The van der Waals surface area contributed by atoms with E-state index in [0.29, 0.717) is 5.01 Å². The number of hydrogen-bond acceptors (Lipinski definition) is 10. The summed E-state index contributed by atoms with van der Waals surface area (Å²) in [5.41, 5.74) is 10.4. The Morgan fingerprint density at radius 2 is 1.29 bits per heavy atom. The molecular formula is C20H17N7O8. The smallest absolute Gasteiger partial charge is 0.353 e. The van der Waals surface area contributed by atoms with Gasteiger partial charge < -0.3 is 21.9 Å². The average Bonchev–Trinajstić information content (AvgIpc) is 3.35. The molecule has 15 nitrogen and oxygen atoms in total. The fourth-order valence-corrected chi connectivity index (χ4v) is 3.03. The Morgan fingerprint density at radius 1 is 0.829 bits per heavy atom. The summed E-state index contributed by atoms with van der Waals surface area (Å²) in [5.74, 6) is 0.537. The van der Waals surface area contributed by atoms with Crippen LogP contribution in [-0.2, 0) is 24.0 Å². The number of imide groups is 6. The highest BCUT2D eigenvalue weighted by Gasteiger charge is 2.38. The van der Waals surface area contributed by atoms with Crippen molar-refractivity contribution in [2.24, 2.45) is 17.3 Å². The van der Waals surface area contributed by atoms with E-state index in [1.165, 1.54) is 24.3 Å². The van der Waals surface area contributed by atoms with Gasteiger partial charge in [0.1, 0.15) is 11.9 Å². The number of hydrazine groups is 1. The summed E-state index contributed by atoms with van der Waals surface area (Å²) in [6.45, 7) is 0. The molecule has 3 rings (SSSR count). The molecule has 0 fully saturated rings. The molecule has 15 heteroatoms. The van der Waals surface area contributed by atoms with Crippen molar-refractivity contribution in [3.05, 3.63) is 65.4 Å². The van der Waals surface area contributed by atoms with E-state index in [1.54, 1.807) is 0 Å². The lowest BCUT2D eigenvalue weighted by atomic mass is 10.1. The SMILES string of the molecule is N/C(C(=O)O)=C(/N)c1ccc(C(NC(=O)N2C(=O)C=CC2=O)N(N)C(=O)N2C(=O)C=CC2=O)cc1. The van der Waals surface area contributed by atoms with E-state index in [9.17, 15) is 33.6 Å². The van der Waals surface area contributed by atoms with Crippen LogP contribution >= 0.6 is 0 Å². The molecule has 180 valence electrons. The van der Waals surface area contributed by atoms with Gasteiger partial charge in [0.15, 0.2) is 0 Å². The quantitative estimate of drug-likeness (QED) is 0.0782. The summed E-state index contributed by atoms with van der Waals surface area (Å²) in [6.07, 6.45) is 1.77. The molecule has 2 heterocycles. The zero-order valence-electron chi connectivity index (χ0n) is 17.6. The topological polar surface area (TPSA) is 240 Å². The van der Waals surface area contributed by atoms with Gasteiger partial charge in [-0.2, -0.15) is 9.80 Å². The second-order valence-electron chi connectivity index (χ2n) is 6.99. The van der Waals surface area contributed by atoms with E-state index in [-0.39, 0.29) is 26.6 Å². The summed E-state index contributed by atoms with van der Waals surface area (Å²) in [4.78, 5) is 84.3. The van der Waals surface area contributed by atoms with Crippen LogP contribution in [0.2, 0.25) is 0 Å². The van der Waals surface area contributed by atoms with Crippen molar-refractivity contribution in [1.82, 2.24) is 20.1 Å². The summed E-state index contributed by atoms with van der Waals surface area (Å²) in [7, 11) is 0. The molecule has 0 aliphatic carbocycles. The first-order valence-corrected chi connectivity index (χ1v) is 9.53. The third-order valence-electron chi connectivity index (χ3n) is 4.83. The van der Waals surface area contributed by atoms with E-state index in [2.05, 4.69) is 5.32 Å². The number of nitrogens with one attached hydrogen (secondary N) is 1. The van der Waals surface area contributed by atoms with E-state index >= 15 is 0 Å². The first-order chi connectivity index (χ1) is 16.4. The summed E-state index contributed by atoms with van der Waals surface area (Å²) in [6, 6.07) is 2.54. The summed E-state index contributed by atoms with van der Waals surface area (Å²) in [5, 5.41) is 11.5. The molecule has 2 aliphatic rings. The minimum absolute atomic E-state index is 0.0544. The van der Waals surface area contributed by atoms with E-state index < -0.39 is 53.5 Å². The van der Waals surface area contributed by atoms with Gasteiger partial charge in [-0.05, 0) is 11.1 Å². The van der Waals surface area contributed by atoms with Crippen LogP contribution < -0.4 is 22.6 Å². The third kappa shape index (κ3) is 4.60. The van der Waals surface area contributed by atoms with Crippen molar-refractivity contribution < 1.29 is 38.7 Å². The minimum atomic E-state index is -1.62. The van der Waals surface area contributed by atoms with Crippen molar-refractivity contribution in [2.45, 2.75) is 6.17 Å². The van der Waals surface area contributed by atoms with E-state index in [0.717, 1.165) is 24.3 Å². The first kappa shape index (κ1) is 24.3. The number of nitrogens with zero attached hydrogens (tertiary/aromatic N) is 3. The number of rotatable bonds is 5. The molecule has 1 unspecified atom stereocenters. The number of urea groups is 2. The zero-order valence-corrected chi connectivity index (χ0v) is 17.6. The molecule has 1 aromatic rings. The molecule has 0 radical (unpaired) electrons. The lowest BCUT2D eigenvalue weighted by molar-refractivity contribution is -0.135. The Kier molecular flexibility index (Phi) is 6.45. The Morgan fingerprint density at radius 3 is 1.74 bits per heavy atom. The maximum atomic E-state index is 12.8.